The van der Waals surface area contributed by atoms with E-state index in [-0.39, 0.29) is 0 Å². The topological polar surface area (TPSA) is 41.9 Å². The molecule has 0 fully saturated rings. The summed E-state index contributed by atoms with van der Waals surface area (Å²) >= 11 is 0. The minimum atomic E-state index is -0.479. The predicted octanol–water partition coefficient (Wildman–Crippen LogP) is 2.40. The first-order valence-electron chi connectivity index (χ1n) is 7.79. The molecule has 0 bridgehead atoms. The highest BCUT2D eigenvalue weighted by Gasteiger charge is 2.13. The molecule has 0 aromatic heterocycles. The van der Waals surface area contributed by atoms with Gasteiger partial charge in [0.15, 0.2) is 0 Å². The number of hydrogen-bond acceptors (Lipinski definition) is 4. The summed E-state index contributed by atoms with van der Waals surface area (Å²) in [4.78, 5) is 2.19. The third kappa shape index (κ3) is 7.58. The molecule has 0 aliphatic rings. The van der Waals surface area contributed by atoms with Crippen LogP contribution in [0, 0.1) is 6.92 Å². The molecule has 1 unspecified atom stereocenters. The van der Waals surface area contributed by atoms with Gasteiger partial charge in [-0.05, 0) is 26.3 Å². The number of aryl methyl sites for hydroxylation is 1. The summed E-state index contributed by atoms with van der Waals surface area (Å²) in [6.45, 7) is 11.1. The largest absolute Gasteiger partial charge is 0.387 e. The molecule has 1 aromatic rings. The fourth-order valence-electron chi connectivity index (χ4n) is 2.20. The maximum absolute atomic E-state index is 10.4. The zero-order chi connectivity index (χ0) is 15.5. The molecule has 1 N–H and O–H groups in total. The minimum absolute atomic E-state index is 0.479. The van der Waals surface area contributed by atoms with Crippen molar-refractivity contribution in [1.82, 2.24) is 4.90 Å². The SMILES string of the molecule is CCOCCN(CCOCC)CC(O)c1cccc(C)c1. The molecule has 21 heavy (non-hydrogen) atoms. The zero-order valence-electron chi connectivity index (χ0n) is 13.5. The number of benzene rings is 1. The smallest absolute Gasteiger partial charge is 0.0917 e. The third-order valence-electron chi connectivity index (χ3n) is 3.37. The Morgan fingerprint density at radius 2 is 1.71 bits per heavy atom. The van der Waals surface area contributed by atoms with E-state index >= 15 is 0 Å². The lowest BCUT2D eigenvalue weighted by atomic mass is 10.1. The summed E-state index contributed by atoms with van der Waals surface area (Å²) in [5.41, 5.74) is 2.13. The fraction of sp³-hybridized carbons (Fsp3) is 0.647. The Morgan fingerprint density at radius 1 is 1.10 bits per heavy atom. The van der Waals surface area contributed by atoms with Crippen molar-refractivity contribution in [2.75, 3.05) is 46.1 Å². The minimum Gasteiger partial charge on any atom is -0.387 e. The molecule has 1 aromatic carbocycles. The van der Waals surface area contributed by atoms with Crippen molar-refractivity contribution < 1.29 is 14.6 Å². The second-order valence-corrected chi connectivity index (χ2v) is 5.12. The van der Waals surface area contributed by atoms with Crippen molar-refractivity contribution in [3.63, 3.8) is 0 Å². The average molecular weight is 295 g/mol. The van der Waals surface area contributed by atoms with Crippen molar-refractivity contribution in [3.05, 3.63) is 35.4 Å². The Hall–Kier alpha value is -0.940. The van der Waals surface area contributed by atoms with Crippen molar-refractivity contribution in [2.45, 2.75) is 26.9 Å². The molecule has 0 saturated heterocycles. The van der Waals surface area contributed by atoms with Gasteiger partial charge >= 0.3 is 0 Å². The van der Waals surface area contributed by atoms with Gasteiger partial charge in [0.1, 0.15) is 0 Å². The molecule has 0 heterocycles. The van der Waals surface area contributed by atoms with Crippen LogP contribution in [0.2, 0.25) is 0 Å². The first kappa shape index (κ1) is 18.1. The second-order valence-electron chi connectivity index (χ2n) is 5.12. The summed E-state index contributed by atoms with van der Waals surface area (Å²) in [7, 11) is 0. The monoisotopic (exact) mass is 295 g/mol. The molecule has 4 heteroatoms. The second kappa shape index (κ2) is 10.7. The van der Waals surface area contributed by atoms with E-state index in [4.69, 9.17) is 9.47 Å². The lowest BCUT2D eigenvalue weighted by molar-refractivity contribution is 0.0533. The molecule has 4 nitrogen and oxygen atoms in total. The molecule has 0 amide bonds. The average Bonchev–Trinajstić information content (AvgIpc) is 2.47. The normalized spacial score (nSPS) is 12.8. The molecule has 0 aliphatic heterocycles. The van der Waals surface area contributed by atoms with Crippen LogP contribution in [0.3, 0.4) is 0 Å². The van der Waals surface area contributed by atoms with Gasteiger partial charge in [-0.25, -0.2) is 0 Å². The van der Waals surface area contributed by atoms with Crippen LogP contribution in [-0.4, -0.2) is 56.1 Å². The van der Waals surface area contributed by atoms with E-state index < -0.39 is 6.10 Å². The van der Waals surface area contributed by atoms with Gasteiger partial charge in [0.05, 0.1) is 19.3 Å². The van der Waals surface area contributed by atoms with E-state index in [1.54, 1.807) is 0 Å². The van der Waals surface area contributed by atoms with Crippen LogP contribution in [0.5, 0.6) is 0 Å². The molecular weight excluding hydrogens is 266 g/mol. The van der Waals surface area contributed by atoms with Gasteiger partial charge in [-0.3, -0.25) is 4.90 Å². The van der Waals surface area contributed by atoms with Crippen LogP contribution in [0.15, 0.2) is 24.3 Å². The highest BCUT2D eigenvalue weighted by Crippen LogP contribution is 2.15. The number of aliphatic hydroxyl groups is 1. The number of hydrogen-bond donors (Lipinski definition) is 1. The molecule has 120 valence electrons. The van der Waals surface area contributed by atoms with Gasteiger partial charge in [-0.2, -0.15) is 0 Å². The number of rotatable bonds is 11. The van der Waals surface area contributed by atoms with Gasteiger partial charge in [0, 0.05) is 32.8 Å². The first-order valence-corrected chi connectivity index (χ1v) is 7.79. The Bertz CT molecular complexity index is 374. The summed E-state index contributed by atoms with van der Waals surface area (Å²) in [5.74, 6) is 0. The molecule has 1 rings (SSSR count). The van der Waals surface area contributed by atoms with Crippen LogP contribution in [0.1, 0.15) is 31.1 Å². The quantitative estimate of drug-likeness (QED) is 0.637. The Kier molecular flexibility index (Phi) is 9.26. The lowest BCUT2D eigenvalue weighted by Gasteiger charge is -2.25. The molecule has 0 spiro atoms. The van der Waals surface area contributed by atoms with Crippen LogP contribution in [-0.2, 0) is 9.47 Å². The highest BCUT2D eigenvalue weighted by molar-refractivity contribution is 5.24. The fourth-order valence-corrected chi connectivity index (χ4v) is 2.20. The summed E-state index contributed by atoms with van der Waals surface area (Å²) < 4.78 is 10.8. The zero-order valence-corrected chi connectivity index (χ0v) is 13.5. The van der Waals surface area contributed by atoms with Crippen LogP contribution >= 0.6 is 0 Å². The van der Waals surface area contributed by atoms with Crippen molar-refractivity contribution in [2.24, 2.45) is 0 Å². The van der Waals surface area contributed by atoms with E-state index in [2.05, 4.69) is 4.90 Å². The van der Waals surface area contributed by atoms with Gasteiger partial charge in [0.25, 0.3) is 0 Å². The van der Waals surface area contributed by atoms with Crippen LogP contribution in [0.25, 0.3) is 0 Å². The Balaban J connectivity index is 2.52. The Morgan fingerprint density at radius 3 is 2.24 bits per heavy atom. The molecule has 1 atom stereocenters. The molecular formula is C17H29NO3. The molecule has 0 radical (unpaired) electrons. The van der Waals surface area contributed by atoms with Gasteiger partial charge in [0.2, 0.25) is 0 Å². The summed E-state index contributed by atoms with van der Waals surface area (Å²) in [5, 5.41) is 10.4. The Labute approximate surface area is 128 Å². The van der Waals surface area contributed by atoms with Crippen molar-refractivity contribution in [3.8, 4) is 0 Å². The van der Waals surface area contributed by atoms with E-state index in [9.17, 15) is 5.11 Å². The van der Waals surface area contributed by atoms with E-state index in [0.29, 0.717) is 19.8 Å². The van der Waals surface area contributed by atoms with E-state index in [1.165, 1.54) is 5.56 Å². The third-order valence-corrected chi connectivity index (χ3v) is 3.37. The molecule has 0 aliphatic carbocycles. The van der Waals surface area contributed by atoms with Gasteiger partial charge < -0.3 is 14.6 Å². The number of ether oxygens (including phenoxy) is 2. The van der Waals surface area contributed by atoms with Crippen molar-refractivity contribution in [1.29, 1.82) is 0 Å². The van der Waals surface area contributed by atoms with Gasteiger partial charge in [-0.1, -0.05) is 29.8 Å². The lowest BCUT2D eigenvalue weighted by Crippen LogP contribution is -2.34. The highest BCUT2D eigenvalue weighted by atomic mass is 16.5. The maximum atomic E-state index is 10.4. The standard InChI is InChI=1S/C17H29NO3/c1-4-20-11-9-18(10-12-21-5-2)14-17(19)16-8-6-7-15(3)13-16/h6-8,13,17,19H,4-5,9-12,14H2,1-3H3. The number of aliphatic hydroxyl groups excluding tert-OH is 1. The van der Waals surface area contributed by atoms with Crippen LogP contribution in [0.4, 0.5) is 0 Å². The maximum Gasteiger partial charge on any atom is 0.0917 e. The first-order chi connectivity index (χ1) is 10.2. The molecule has 0 saturated carbocycles. The van der Waals surface area contributed by atoms with E-state index in [0.717, 1.165) is 31.9 Å². The summed E-state index contributed by atoms with van der Waals surface area (Å²) in [6.07, 6.45) is -0.479. The summed E-state index contributed by atoms with van der Waals surface area (Å²) in [6, 6.07) is 8.03. The van der Waals surface area contributed by atoms with Crippen LogP contribution < -0.4 is 0 Å². The number of nitrogens with zero attached hydrogens (tertiary/aromatic N) is 1. The predicted molar refractivity (Wildman–Crippen MR) is 85.6 cm³/mol. The van der Waals surface area contributed by atoms with E-state index in [1.807, 2.05) is 45.0 Å². The van der Waals surface area contributed by atoms with Crippen molar-refractivity contribution >= 4 is 0 Å². The van der Waals surface area contributed by atoms with Gasteiger partial charge in [-0.15, -0.1) is 0 Å².